The van der Waals surface area contributed by atoms with Crippen LogP contribution in [0.3, 0.4) is 0 Å². The molecule has 0 radical (unpaired) electrons. The molecule has 0 N–H and O–H groups in total. The Morgan fingerprint density at radius 3 is 2.13 bits per heavy atom. The van der Waals surface area contributed by atoms with Crippen LogP contribution < -0.4 is 0 Å². The molecule has 1 saturated heterocycles. The molecule has 1 fully saturated rings. The van der Waals surface area contributed by atoms with E-state index in [4.69, 9.17) is 0 Å². The van der Waals surface area contributed by atoms with E-state index in [0.717, 1.165) is 11.7 Å². The largest absolute Gasteiger partial charge is 0.301 e. The number of piperazine rings is 1. The second-order valence-corrected chi connectivity index (χ2v) is 4.94. The predicted octanol–water partition coefficient (Wildman–Crippen LogP) is 1.97. The van der Waals surface area contributed by atoms with Crippen molar-refractivity contribution < 1.29 is 0 Å². The van der Waals surface area contributed by atoms with Gasteiger partial charge >= 0.3 is 0 Å². The predicted molar refractivity (Wildman–Crippen MR) is 70.8 cm³/mol. The first-order chi connectivity index (χ1) is 7.30. The lowest BCUT2D eigenvalue weighted by Gasteiger charge is -2.35. The van der Waals surface area contributed by atoms with Crippen molar-refractivity contribution in [2.45, 2.75) is 26.7 Å². The summed E-state index contributed by atoms with van der Waals surface area (Å²) in [5, 5.41) is 0. The van der Waals surface area contributed by atoms with Crippen LogP contribution in [0.5, 0.6) is 0 Å². The molecule has 3 heteroatoms. The van der Waals surface area contributed by atoms with Gasteiger partial charge in [0.15, 0.2) is 0 Å². The summed E-state index contributed by atoms with van der Waals surface area (Å²) in [4.78, 5) is 5.15. The lowest BCUT2D eigenvalue weighted by atomic mass is 10.1. The SMILES string of the molecule is CCCC(CS)CN1CCN(CC)CC1. The zero-order valence-corrected chi connectivity index (χ0v) is 11.2. The number of rotatable bonds is 6. The minimum absolute atomic E-state index is 0.798. The van der Waals surface area contributed by atoms with Crippen LogP contribution >= 0.6 is 12.6 Å². The van der Waals surface area contributed by atoms with Gasteiger partial charge in [0.1, 0.15) is 0 Å². The first-order valence-electron chi connectivity index (χ1n) is 6.35. The van der Waals surface area contributed by atoms with Gasteiger partial charge in [-0.1, -0.05) is 20.3 Å². The molecule has 0 bridgehead atoms. The van der Waals surface area contributed by atoms with Gasteiger partial charge in [-0.05, 0) is 24.6 Å². The Hall–Kier alpha value is 0.270. The van der Waals surface area contributed by atoms with Crippen LogP contribution in [0.1, 0.15) is 26.7 Å². The Bertz CT molecular complexity index is 156. The Balaban J connectivity index is 2.21. The highest BCUT2D eigenvalue weighted by Gasteiger charge is 2.17. The second kappa shape index (κ2) is 7.53. The first kappa shape index (κ1) is 13.3. The van der Waals surface area contributed by atoms with Crippen LogP contribution in [0.15, 0.2) is 0 Å². The summed E-state index contributed by atoms with van der Waals surface area (Å²) in [5.41, 5.74) is 0. The molecule has 2 nitrogen and oxygen atoms in total. The molecule has 15 heavy (non-hydrogen) atoms. The third-order valence-corrected chi connectivity index (χ3v) is 3.90. The quantitative estimate of drug-likeness (QED) is 0.697. The average Bonchev–Trinajstić information content (AvgIpc) is 2.29. The van der Waals surface area contributed by atoms with Crippen molar-refractivity contribution in [1.82, 2.24) is 9.80 Å². The van der Waals surface area contributed by atoms with E-state index in [9.17, 15) is 0 Å². The number of nitrogens with zero attached hydrogens (tertiary/aromatic N) is 2. The van der Waals surface area contributed by atoms with Crippen LogP contribution in [0.4, 0.5) is 0 Å². The molecular weight excluding hydrogens is 204 g/mol. The van der Waals surface area contributed by atoms with E-state index in [2.05, 4.69) is 36.3 Å². The normalized spacial score (nSPS) is 21.8. The Kier molecular flexibility index (Phi) is 6.69. The van der Waals surface area contributed by atoms with Crippen LogP contribution in [-0.2, 0) is 0 Å². The van der Waals surface area contributed by atoms with E-state index in [0.29, 0.717) is 0 Å². The summed E-state index contributed by atoms with van der Waals surface area (Å²) in [5.74, 6) is 1.84. The minimum atomic E-state index is 0.798. The van der Waals surface area contributed by atoms with Crippen molar-refractivity contribution in [1.29, 1.82) is 0 Å². The topological polar surface area (TPSA) is 6.48 Å². The number of hydrogen-bond acceptors (Lipinski definition) is 3. The van der Waals surface area contributed by atoms with Crippen LogP contribution in [0.25, 0.3) is 0 Å². The van der Waals surface area contributed by atoms with Crippen LogP contribution in [0.2, 0.25) is 0 Å². The smallest absolute Gasteiger partial charge is 0.0110 e. The maximum atomic E-state index is 4.45. The average molecular weight is 230 g/mol. The highest BCUT2D eigenvalue weighted by molar-refractivity contribution is 7.80. The lowest BCUT2D eigenvalue weighted by Crippen LogP contribution is -2.47. The van der Waals surface area contributed by atoms with E-state index in [1.165, 1.54) is 52.1 Å². The maximum Gasteiger partial charge on any atom is 0.0110 e. The molecule has 0 aromatic carbocycles. The summed E-state index contributed by atoms with van der Waals surface area (Å²) >= 11 is 4.45. The zero-order valence-electron chi connectivity index (χ0n) is 10.3. The zero-order chi connectivity index (χ0) is 11.1. The molecule has 0 saturated carbocycles. The fraction of sp³-hybridized carbons (Fsp3) is 1.00. The molecule has 90 valence electrons. The monoisotopic (exact) mass is 230 g/mol. The molecule has 0 amide bonds. The fourth-order valence-electron chi connectivity index (χ4n) is 2.30. The van der Waals surface area contributed by atoms with Gasteiger partial charge in [-0.15, -0.1) is 0 Å². The van der Waals surface area contributed by atoms with Gasteiger partial charge in [-0.25, -0.2) is 0 Å². The molecule has 0 spiro atoms. The van der Waals surface area contributed by atoms with Crippen molar-refractivity contribution in [3.05, 3.63) is 0 Å². The van der Waals surface area contributed by atoms with Gasteiger partial charge in [0, 0.05) is 32.7 Å². The highest BCUT2D eigenvalue weighted by Crippen LogP contribution is 2.12. The Morgan fingerprint density at radius 1 is 1.07 bits per heavy atom. The van der Waals surface area contributed by atoms with E-state index in [-0.39, 0.29) is 0 Å². The summed E-state index contributed by atoms with van der Waals surface area (Å²) in [6.45, 7) is 12.0. The van der Waals surface area contributed by atoms with Gasteiger partial charge in [0.2, 0.25) is 0 Å². The lowest BCUT2D eigenvalue weighted by molar-refractivity contribution is 0.123. The summed E-state index contributed by atoms with van der Waals surface area (Å²) < 4.78 is 0. The Morgan fingerprint density at radius 2 is 1.67 bits per heavy atom. The van der Waals surface area contributed by atoms with E-state index >= 15 is 0 Å². The number of likely N-dealkylation sites (N-methyl/N-ethyl adjacent to an activating group) is 1. The van der Waals surface area contributed by atoms with Crippen LogP contribution in [0, 0.1) is 5.92 Å². The van der Waals surface area contributed by atoms with Crippen molar-refractivity contribution in [2.75, 3.05) is 45.0 Å². The van der Waals surface area contributed by atoms with Gasteiger partial charge in [0.25, 0.3) is 0 Å². The summed E-state index contributed by atoms with van der Waals surface area (Å²) in [6, 6.07) is 0. The van der Waals surface area contributed by atoms with Gasteiger partial charge in [0.05, 0.1) is 0 Å². The van der Waals surface area contributed by atoms with Gasteiger partial charge in [-0.2, -0.15) is 12.6 Å². The van der Waals surface area contributed by atoms with Crippen molar-refractivity contribution >= 4 is 12.6 Å². The minimum Gasteiger partial charge on any atom is -0.301 e. The fourth-order valence-corrected chi connectivity index (χ4v) is 2.60. The number of hydrogen-bond donors (Lipinski definition) is 1. The molecular formula is C12H26N2S. The standard InChI is InChI=1S/C12H26N2S/c1-3-5-12(11-15)10-14-8-6-13(4-2)7-9-14/h12,15H,3-11H2,1-2H3. The van der Waals surface area contributed by atoms with Crippen LogP contribution in [-0.4, -0.2) is 54.8 Å². The third-order valence-electron chi connectivity index (χ3n) is 3.38. The first-order valence-corrected chi connectivity index (χ1v) is 6.99. The molecule has 1 unspecified atom stereocenters. The van der Waals surface area contributed by atoms with Gasteiger partial charge in [-0.3, -0.25) is 0 Å². The summed E-state index contributed by atoms with van der Waals surface area (Å²) in [6.07, 6.45) is 2.62. The van der Waals surface area contributed by atoms with E-state index < -0.39 is 0 Å². The molecule has 0 aromatic rings. The van der Waals surface area contributed by atoms with Crippen molar-refractivity contribution in [3.8, 4) is 0 Å². The molecule has 1 aliphatic rings. The Labute approximate surface area is 100 Å². The molecule has 1 heterocycles. The van der Waals surface area contributed by atoms with E-state index in [1.807, 2.05) is 0 Å². The second-order valence-electron chi connectivity index (χ2n) is 4.57. The molecule has 1 atom stereocenters. The van der Waals surface area contributed by atoms with Crippen molar-refractivity contribution in [2.24, 2.45) is 5.92 Å². The molecule has 0 aliphatic carbocycles. The van der Waals surface area contributed by atoms with E-state index in [1.54, 1.807) is 0 Å². The van der Waals surface area contributed by atoms with Crippen molar-refractivity contribution in [3.63, 3.8) is 0 Å². The summed E-state index contributed by atoms with van der Waals surface area (Å²) in [7, 11) is 0. The van der Waals surface area contributed by atoms with Gasteiger partial charge < -0.3 is 9.80 Å². The molecule has 1 rings (SSSR count). The highest BCUT2D eigenvalue weighted by atomic mass is 32.1. The molecule has 1 aliphatic heterocycles. The number of thiol groups is 1. The maximum absolute atomic E-state index is 4.45. The third kappa shape index (κ3) is 4.75. The molecule has 0 aromatic heterocycles.